The summed E-state index contributed by atoms with van der Waals surface area (Å²) < 4.78 is 0. The lowest BCUT2D eigenvalue weighted by atomic mass is 9.86. The number of hydrogen-bond acceptors (Lipinski definition) is 3. The largest absolute Gasteiger partial charge is 0.331 e. The second kappa shape index (κ2) is 5.58. The SMILES string of the molecule is CN(C)C(=O)N1CC[C@]2(CC(=O)N(c3ccc(C#N)cc3)C2)C1. The third-order valence-electron chi connectivity index (χ3n) is 4.72. The van der Waals surface area contributed by atoms with Crippen LogP contribution < -0.4 is 4.90 Å². The molecule has 6 heteroatoms. The first-order valence-corrected chi connectivity index (χ1v) is 7.71. The molecule has 1 atom stereocenters. The third kappa shape index (κ3) is 2.74. The van der Waals surface area contributed by atoms with Crippen LogP contribution >= 0.6 is 0 Å². The Hall–Kier alpha value is -2.55. The van der Waals surface area contributed by atoms with Crippen molar-refractivity contribution in [2.75, 3.05) is 38.6 Å². The van der Waals surface area contributed by atoms with E-state index in [1.807, 2.05) is 17.0 Å². The first-order valence-electron chi connectivity index (χ1n) is 7.71. The molecule has 2 saturated heterocycles. The highest BCUT2D eigenvalue weighted by Crippen LogP contribution is 2.42. The molecule has 0 N–H and O–H groups in total. The molecule has 0 bridgehead atoms. The van der Waals surface area contributed by atoms with Crippen molar-refractivity contribution in [1.29, 1.82) is 5.26 Å². The summed E-state index contributed by atoms with van der Waals surface area (Å²) in [7, 11) is 3.49. The number of carbonyl (C=O) groups excluding carboxylic acids is 2. The van der Waals surface area contributed by atoms with Gasteiger partial charge in [-0.1, -0.05) is 0 Å². The van der Waals surface area contributed by atoms with Crippen LogP contribution in [-0.2, 0) is 4.79 Å². The lowest BCUT2D eigenvalue weighted by Gasteiger charge is -2.25. The number of hydrogen-bond donors (Lipinski definition) is 0. The van der Waals surface area contributed by atoms with Crippen LogP contribution in [0.15, 0.2) is 24.3 Å². The molecule has 0 radical (unpaired) electrons. The second-order valence-corrected chi connectivity index (χ2v) is 6.66. The Morgan fingerprint density at radius 1 is 1.26 bits per heavy atom. The fourth-order valence-electron chi connectivity index (χ4n) is 3.50. The number of amides is 3. The van der Waals surface area contributed by atoms with Gasteiger partial charge in [0, 0.05) is 51.3 Å². The van der Waals surface area contributed by atoms with E-state index in [1.165, 1.54) is 0 Å². The van der Waals surface area contributed by atoms with Gasteiger partial charge in [-0.25, -0.2) is 4.79 Å². The zero-order chi connectivity index (χ0) is 16.6. The molecule has 1 aromatic carbocycles. The molecule has 0 aromatic heterocycles. The maximum atomic E-state index is 12.4. The van der Waals surface area contributed by atoms with Gasteiger partial charge in [0.05, 0.1) is 11.6 Å². The summed E-state index contributed by atoms with van der Waals surface area (Å²) in [5, 5.41) is 8.87. The number of urea groups is 1. The topological polar surface area (TPSA) is 67.7 Å². The molecule has 2 fully saturated rings. The van der Waals surface area contributed by atoms with Crippen LogP contribution in [0.3, 0.4) is 0 Å². The van der Waals surface area contributed by atoms with E-state index in [0.717, 1.165) is 12.1 Å². The van der Waals surface area contributed by atoms with Crippen LogP contribution in [0.25, 0.3) is 0 Å². The van der Waals surface area contributed by atoms with Gasteiger partial charge in [-0.15, -0.1) is 0 Å². The molecule has 2 aliphatic rings. The minimum absolute atomic E-state index is 0.00569. The average Bonchev–Trinajstić information content (AvgIpc) is 3.10. The van der Waals surface area contributed by atoms with Crippen molar-refractivity contribution in [3.63, 3.8) is 0 Å². The number of carbonyl (C=O) groups is 2. The van der Waals surface area contributed by atoms with Crippen molar-refractivity contribution in [3.8, 4) is 6.07 Å². The van der Waals surface area contributed by atoms with E-state index in [0.29, 0.717) is 31.6 Å². The van der Waals surface area contributed by atoms with Gasteiger partial charge in [0.2, 0.25) is 5.91 Å². The summed E-state index contributed by atoms with van der Waals surface area (Å²) in [5.74, 6) is 0.0915. The number of benzene rings is 1. The van der Waals surface area contributed by atoms with E-state index in [1.54, 1.807) is 36.0 Å². The Morgan fingerprint density at radius 3 is 2.57 bits per heavy atom. The van der Waals surface area contributed by atoms with Crippen molar-refractivity contribution < 1.29 is 9.59 Å². The van der Waals surface area contributed by atoms with E-state index < -0.39 is 0 Å². The monoisotopic (exact) mass is 312 g/mol. The lowest BCUT2D eigenvalue weighted by molar-refractivity contribution is -0.117. The van der Waals surface area contributed by atoms with Crippen LogP contribution in [-0.4, -0.2) is 55.5 Å². The zero-order valence-corrected chi connectivity index (χ0v) is 13.5. The Labute approximate surface area is 135 Å². The molecule has 0 saturated carbocycles. The first-order chi connectivity index (χ1) is 10.9. The van der Waals surface area contributed by atoms with Crippen LogP contribution in [0, 0.1) is 16.7 Å². The summed E-state index contributed by atoms with van der Waals surface area (Å²) in [6.07, 6.45) is 1.33. The molecular formula is C17H20N4O2. The molecule has 2 heterocycles. The van der Waals surface area contributed by atoms with Crippen molar-refractivity contribution in [2.45, 2.75) is 12.8 Å². The van der Waals surface area contributed by atoms with Crippen molar-refractivity contribution in [2.24, 2.45) is 5.41 Å². The van der Waals surface area contributed by atoms with Crippen molar-refractivity contribution in [3.05, 3.63) is 29.8 Å². The Morgan fingerprint density at radius 2 is 1.96 bits per heavy atom. The van der Waals surface area contributed by atoms with Crippen molar-refractivity contribution in [1.82, 2.24) is 9.80 Å². The molecule has 23 heavy (non-hydrogen) atoms. The van der Waals surface area contributed by atoms with Crippen LogP contribution in [0.1, 0.15) is 18.4 Å². The molecule has 6 nitrogen and oxygen atoms in total. The number of likely N-dealkylation sites (tertiary alicyclic amines) is 1. The predicted molar refractivity (Wildman–Crippen MR) is 85.8 cm³/mol. The van der Waals surface area contributed by atoms with E-state index >= 15 is 0 Å². The van der Waals surface area contributed by atoms with Gasteiger partial charge in [-0.05, 0) is 30.7 Å². The summed E-state index contributed by atoms with van der Waals surface area (Å²) in [5.41, 5.74) is 1.26. The van der Waals surface area contributed by atoms with E-state index in [-0.39, 0.29) is 17.4 Å². The maximum absolute atomic E-state index is 12.4. The predicted octanol–water partition coefficient (Wildman–Crippen LogP) is 1.67. The Balaban J connectivity index is 1.75. The van der Waals surface area contributed by atoms with Crippen LogP contribution in [0.4, 0.5) is 10.5 Å². The van der Waals surface area contributed by atoms with E-state index in [9.17, 15) is 9.59 Å². The number of nitriles is 1. The maximum Gasteiger partial charge on any atom is 0.319 e. The molecule has 1 aromatic rings. The van der Waals surface area contributed by atoms with E-state index in [2.05, 4.69) is 6.07 Å². The number of rotatable bonds is 1. The fraction of sp³-hybridized carbons (Fsp3) is 0.471. The Kier molecular flexibility index (Phi) is 3.72. The van der Waals surface area contributed by atoms with Gasteiger partial charge in [-0.2, -0.15) is 5.26 Å². The van der Waals surface area contributed by atoms with Gasteiger partial charge in [0.1, 0.15) is 0 Å². The minimum atomic E-state index is -0.142. The summed E-state index contributed by atoms with van der Waals surface area (Å²) in [6.45, 7) is 1.96. The van der Waals surface area contributed by atoms with Gasteiger partial charge >= 0.3 is 6.03 Å². The lowest BCUT2D eigenvalue weighted by Crippen LogP contribution is -2.39. The highest BCUT2D eigenvalue weighted by atomic mass is 16.2. The van der Waals surface area contributed by atoms with E-state index in [4.69, 9.17) is 5.26 Å². The van der Waals surface area contributed by atoms with Gasteiger partial charge < -0.3 is 14.7 Å². The van der Waals surface area contributed by atoms with Gasteiger partial charge in [0.15, 0.2) is 0 Å². The minimum Gasteiger partial charge on any atom is -0.331 e. The molecule has 1 spiro atoms. The van der Waals surface area contributed by atoms with Gasteiger partial charge in [0.25, 0.3) is 0 Å². The quantitative estimate of drug-likeness (QED) is 0.792. The Bertz CT molecular complexity index is 677. The zero-order valence-electron chi connectivity index (χ0n) is 13.5. The smallest absolute Gasteiger partial charge is 0.319 e. The van der Waals surface area contributed by atoms with Crippen LogP contribution in [0.2, 0.25) is 0 Å². The van der Waals surface area contributed by atoms with Gasteiger partial charge in [-0.3, -0.25) is 4.79 Å². The number of anilines is 1. The average molecular weight is 312 g/mol. The second-order valence-electron chi connectivity index (χ2n) is 6.66. The summed E-state index contributed by atoms with van der Waals surface area (Å²) in [6, 6.07) is 9.16. The number of nitrogens with zero attached hydrogens (tertiary/aromatic N) is 4. The van der Waals surface area contributed by atoms with Crippen LogP contribution in [0.5, 0.6) is 0 Å². The molecule has 0 unspecified atom stereocenters. The fourth-order valence-corrected chi connectivity index (χ4v) is 3.50. The summed E-state index contributed by atoms with van der Waals surface area (Å²) >= 11 is 0. The molecule has 0 aliphatic carbocycles. The molecule has 120 valence electrons. The molecule has 3 amide bonds. The third-order valence-corrected chi connectivity index (χ3v) is 4.72. The van der Waals surface area contributed by atoms with Crippen molar-refractivity contribution >= 4 is 17.6 Å². The normalized spacial score (nSPS) is 23.4. The first kappa shape index (κ1) is 15.3. The summed E-state index contributed by atoms with van der Waals surface area (Å²) in [4.78, 5) is 29.7. The standard InChI is InChI=1S/C17H20N4O2/c1-19(2)16(23)20-8-7-17(11-20)9-15(22)21(12-17)14-5-3-13(10-18)4-6-14/h3-6H,7-9,11-12H2,1-2H3/t17-/m0/s1. The highest BCUT2D eigenvalue weighted by Gasteiger charge is 2.48. The molecule has 3 rings (SSSR count). The molecular weight excluding hydrogens is 292 g/mol. The highest BCUT2D eigenvalue weighted by molar-refractivity contribution is 5.96. The molecule has 2 aliphatic heterocycles.